The number of carbonyl (C=O) groups is 1. The lowest BCUT2D eigenvalue weighted by atomic mass is 10.3. The lowest BCUT2D eigenvalue weighted by Crippen LogP contribution is -2.18. The van der Waals surface area contributed by atoms with Gasteiger partial charge in [0, 0.05) is 18.6 Å². The highest BCUT2D eigenvalue weighted by Crippen LogP contribution is 2.18. The molecule has 1 N–H and O–H groups in total. The van der Waals surface area contributed by atoms with Crippen molar-refractivity contribution in [1.29, 1.82) is 0 Å². The number of nitrogens with zero attached hydrogens (tertiary/aromatic N) is 5. The van der Waals surface area contributed by atoms with Crippen molar-refractivity contribution in [2.45, 2.75) is 11.8 Å². The Kier molecular flexibility index (Phi) is 5.30. The Hall–Kier alpha value is -3.92. The summed E-state index contributed by atoms with van der Waals surface area (Å²) in [7, 11) is -3.32. The highest BCUT2D eigenvalue weighted by atomic mass is 32.2. The lowest BCUT2D eigenvalue weighted by molar-refractivity contribution is 0.101. The molecule has 10 heteroatoms. The smallest absolute Gasteiger partial charge is 0.275 e. The van der Waals surface area contributed by atoms with Gasteiger partial charge in [0.1, 0.15) is 17.2 Å². The molecule has 0 atom stereocenters. The SMILES string of the molecule is Cc1cc(C(=O)Nc2ccnc(-c3ccccn3)n2)n(-c2ccc(S(C)(=O)=O)cc2)n1. The average molecular weight is 434 g/mol. The fraction of sp³-hybridized carbons (Fsp3) is 0.0952. The van der Waals surface area contributed by atoms with Crippen molar-refractivity contribution in [3.63, 3.8) is 0 Å². The Morgan fingerprint density at radius 2 is 1.77 bits per heavy atom. The molecule has 4 rings (SSSR count). The first-order valence-electron chi connectivity index (χ1n) is 9.24. The summed E-state index contributed by atoms with van der Waals surface area (Å²) >= 11 is 0. The van der Waals surface area contributed by atoms with Gasteiger partial charge in [0.2, 0.25) is 0 Å². The molecular weight excluding hydrogens is 416 g/mol. The maximum absolute atomic E-state index is 13.0. The largest absolute Gasteiger partial charge is 0.305 e. The zero-order chi connectivity index (χ0) is 22.0. The minimum atomic E-state index is -3.32. The molecule has 1 amide bonds. The van der Waals surface area contributed by atoms with Crippen molar-refractivity contribution in [2.75, 3.05) is 11.6 Å². The van der Waals surface area contributed by atoms with Crippen LogP contribution in [0.15, 0.2) is 71.9 Å². The predicted molar refractivity (Wildman–Crippen MR) is 115 cm³/mol. The first-order chi connectivity index (χ1) is 14.8. The normalized spacial score (nSPS) is 11.3. The molecule has 0 saturated carbocycles. The Labute approximate surface area is 178 Å². The average Bonchev–Trinajstić information content (AvgIpc) is 3.16. The Balaban J connectivity index is 1.62. The van der Waals surface area contributed by atoms with Gasteiger partial charge in [-0.2, -0.15) is 5.10 Å². The minimum absolute atomic E-state index is 0.189. The molecule has 9 nitrogen and oxygen atoms in total. The molecule has 0 aliphatic rings. The van der Waals surface area contributed by atoms with Crippen molar-refractivity contribution in [3.8, 4) is 17.2 Å². The minimum Gasteiger partial charge on any atom is -0.305 e. The molecule has 1 aromatic carbocycles. The maximum Gasteiger partial charge on any atom is 0.275 e. The Morgan fingerprint density at radius 3 is 2.45 bits per heavy atom. The summed E-state index contributed by atoms with van der Waals surface area (Å²) in [6.07, 6.45) is 4.32. The standard InChI is InChI=1S/C21H18N6O3S/c1-14-13-18(27(26-14)15-6-8-16(9-7-15)31(2,29)30)21(28)25-19-10-12-23-20(24-19)17-5-3-4-11-22-17/h3-13H,1-2H3,(H,23,24,25,28). The fourth-order valence-electron chi connectivity index (χ4n) is 2.92. The van der Waals surface area contributed by atoms with E-state index in [0.29, 0.717) is 28.7 Å². The van der Waals surface area contributed by atoms with E-state index in [9.17, 15) is 13.2 Å². The van der Waals surface area contributed by atoms with Crippen molar-refractivity contribution in [3.05, 3.63) is 78.4 Å². The fourth-order valence-corrected chi connectivity index (χ4v) is 3.55. The van der Waals surface area contributed by atoms with Crippen LogP contribution < -0.4 is 5.32 Å². The zero-order valence-corrected chi connectivity index (χ0v) is 17.5. The number of hydrogen-bond donors (Lipinski definition) is 1. The molecule has 3 aromatic heterocycles. The molecule has 0 bridgehead atoms. The molecule has 0 aliphatic heterocycles. The third kappa shape index (κ3) is 4.48. The van der Waals surface area contributed by atoms with E-state index in [-0.39, 0.29) is 10.6 Å². The Bertz CT molecular complexity index is 1350. The second-order valence-electron chi connectivity index (χ2n) is 6.78. The van der Waals surface area contributed by atoms with E-state index in [1.54, 1.807) is 55.7 Å². The van der Waals surface area contributed by atoms with Crippen molar-refractivity contribution < 1.29 is 13.2 Å². The van der Waals surface area contributed by atoms with Crippen LogP contribution in [0.2, 0.25) is 0 Å². The molecular formula is C21H18N6O3S. The van der Waals surface area contributed by atoms with Crippen LogP contribution in [0.5, 0.6) is 0 Å². The number of sulfone groups is 1. The topological polar surface area (TPSA) is 120 Å². The summed E-state index contributed by atoms with van der Waals surface area (Å²) in [5, 5.41) is 7.12. The number of carbonyl (C=O) groups excluding carboxylic acids is 1. The van der Waals surface area contributed by atoms with Crippen molar-refractivity contribution in [2.24, 2.45) is 0 Å². The molecule has 0 aliphatic carbocycles. The number of pyridine rings is 1. The number of rotatable bonds is 5. The van der Waals surface area contributed by atoms with Gasteiger partial charge in [0.05, 0.1) is 16.3 Å². The summed E-state index contributed by atoms with van der Waals surface area (Å²) in [5.41, 5.74) is 2.06. The van der Waals surface area contributed by atoms with Crippen LogP contribution in [-0.4, -0.2) is 45.3 Å². The third-order valence-corrected chi connectivity index (χ3v) is 5.49. The number of hydrogen-bond acceptors (Lipinski definition) is 7. The summed E-state index contributed by atoms with van der Waals surface area (Å²) < 4.78 is 24.8. The van der Waals surface area contributed by atoms with Crippen LogP contribution in [0.4, 0.5) is 5.82 Å². The number of benzene rings is 1. The molecule has 156 valence electrons. The van der Waals surface area contributed by atoms with Gasteiger partial charge in [0.15, 0.2) is 15.7 Å². The second kappa shape index (κ2) is 8.07. The van der Waals surface area contributed by atoms with Gasteiger partial charge in [-0.25, -0.2) is 23.1 Å². The molecule has 0 saturated heterocycles. The number of amides is 1. The number of nitrogens with one attached hydrogen (secondary N) is 1. The summed E-state index contributed by atoms with van der Waals surface area (Å²) in [4.78, 5) is 25.9. The van der Waals surface area contributed by atoms with Crippen LogP contribution in [0, 0.1) is 6.92 Å². The van der Waals surface area contributed by atoms with E-state index < -0.39 is 15.7 Å². The van der Waals surface area contributed by atoms with Crippen LogP contribution in [-0.2, 0) is 9.84 Å². The van der Waals surface area contributed by atoms with Gasteiger partial charge < -0.3 is 5.32 Å². The van der Waals surface area contributed by atoms with Gasteiger partial charge in [-0.15, -0.1) is 0 Å². The van der Waals surface area contributed by atoms with E-state index in [0.717, 1.165) is 6.26 Å². The Morgan fingerprint density at radius 1 is 1.00 bits per heavy atom. The molecule has 31 heavy (non-hydrogen) atoms. The van der Waals surface area contributed by atoms with Gasteiger partial charge in [-0.1, -0.05) is 6.07 Å². The van der Waals surface area contributed by atoms with Gasteiger partial charge in [-0.05, 0) is 55.5 Å². The van der Waals surface area contributed by atoms with Crippen LogP contribution in [0.3, 0.4) is 0 Å². The third-order valence-electron chi connectivity index (χ3n) is 4.36. The first kappa shape index (κ1) is 20.4. The molecule has 3 heterocycles. The highest BCUT2D eigenvalue weighted by Gasteiger charge is 2.17. The van der Waals surface area contributed by atoms with Gasteiger partial charge in [-0.3, -0.25) is 9.78 Å². The van der Waals surface area contributed by atoms with E-state index in [4.69, 9.17) is 0 Å². The number of anilines is 1. The molecule has 0 fully saturated rings. The number of aromatic nitrogens is 5. The summed E-state index contributed by atoms with van der Waals surface area (Å²) in [5.74, 6) is 0.288. The molecule has 4 aromatic rings. The zero-order valence-electron chi connectivity index (χ0n) is 16.7. The van der Waals surface area contributed by atoms with E-state index in [1.807, 2.05) is 6.07 Å². The van der Waals surface area contributed by atoms with E-state index in [1.165, 1.54) is 16.8 Å². The number of aryl methyl sites for hydroxylation is 1. The van der Waals surface area contributed by atoms with E-state index in [2.05, 4.69) is 25.4 Å². The molecule has 0 unspecified atom stereocenters. The highest BCUT2D eigenvalue weighted by molar-refractivity contribution is 7.90. The van der Waals surface area contributed by atoms with E-state index >= 15 is 0 Å². The van der Waals surface area contributed by atoms with Gasteiger partial charge in [0.25, 0.3) is 5.91 Å². The first-order valence-corrected chi connectivity index (χ1v) is 11.1. The summed E-state index contributed by atoms with van der Waals surface area (Å²) in [6.45, 7) is 1.77. The van der Waals surface area contributed by atoms with Crippen molar-refractivity contribution in [1.82, 2.24) is 24.7 Å². The van der Waals surface area contributed by atoms with Crippen LogP contribution >= 0.6 is 0 Å². The molecule has 0 radical (unpaired) electrons. The quantitative estimate of drug-likeness (QED) is 0.513. The lowest BCUT2D eigenvalue weighted by Gasteiger charge is -2.09. The van der Waals surface area contributed by atoms with Crippen molar-refractivity contribution >= 4 is 21.6 Å². The van der Waals surface area contributed by atoms with Gasteiger partial charge >= 0.3 is 0 Å². The predicted octanol–water partition coefficient (Wildman–Crippen LogP) is 2.69. The monoisotopic (exact) mass is 434 g/mol. The summed E-state index contributed by atoms with van der Waals surface area (Å²) in [6, 6.07) is 14.8. The maximum atomic E-state index is 13.0. The van der Waals surface area contributed by atoms with Crippen LogP contribution in [0.1, 0.15) is 16.2 Å². The second-order valence-corrected chi connectivity index (χ2v) is 8.80. The molecule has 0 spiro atoms. The van der Waals surface area contributed by atoms with Crippen LogP contribution in [0.25, 0.3) is 17.2 Å².